The van der Waals surface area contributed by atoms with Gasteiger partial charge in [-0.1, -0.05) is 30.0 Å². The monoisotopic (exact) mass is 310 g/mol. The molecule has 0 unspecified atom stereocenters. The van der Waals surface area contributed by atoms with Crippen LogP contribution in [0.25, 0.3) is 0 Å². The Kier molecular flexibility index (Phi) is 6.88. The summed E-state index contributed by atoms with van der Waals surface area (Å²) in [4.78, 5) is 11.0. The van der Waals surface area contributed by atoms with Crippen LogP contribution in [0.1, 0.15) is 17.5 Å². The van der Waals surface area contributed by atoms with E-state index in [9.17, 15) is 13.2 Å². The topological polar surface area (TPSA) is 98.5 Å². The molecule has 0 bridgehead atoms. The number of nitrogens with one attached hydrogen (secondary N) is 1. The first-order valence-corrected chi connectivity index (χ1v) is 7.94. The summed E-state index contributed by atoms with van der Waals surface area (Å²) in [6.07, 6.45) is -0.180. The molecule has 0 atom stereocenters. The second-order valence-corrected chi connectivity index (χ2v) is 6.06. The third kappa shape index (κ3) is 6.40. The highest BCUT2D eigenvalue weighted by Crippen LogP contribution is 2.07. The number of ether oxygens (including phenoxy) is 1. The molecular weight excluding hydrogens is 292 g/mol. The fourth-order valence-corrected chi connectivity index (χ4v) is 2.48. The molecule has 0 amide bonds. The molecule has 0 spiro atoms. The highest BCUT2D eigenvalue weighted by molar-refractivity contribution is 7.89. The predicted molar refractivity (Wildman–Crippen MR) is 79.6 cm³/mol. The van der Waals surface area contributed by atoms with Gasteiger partial charge in [0.25, 0.3) is 0 Å². The van der Waals surface area contributed by atoms with E-state index < -0.39 is 16.0 Å². The van der Waals surface area contributed by atoms with Crippen molar-refractivity contribution in [3.8, 4) is 11.8 Å². The van der Waals surface area contributed by atoms with Crippen molar-refractivity contribution in [2.75, 3.05) is 19.4 Å². The maximum atomic E-state index is 11.8. The zero-order valence-corrected chi connectivity index (χ0v) is 12.6. The number of sulfonamides is 1. The lowest BCUT2D eigenvalue weighted by molar-refractivity contribution is -0.140. The Morgan fingerprint density at radius 3 is 2.76 bits per heavy atom. The number of hydrogen-bond donors (Lipinski definition) is 2. The maximum absolute atomic E-state index is 11.8. The van der Waals surface area contributed by atoms with Gasteiger partial charge >= 0.3 is 5.97 Å². The van der Waals surface area contributed by atoms with E-state index in [2.05, 4.69) is 21.3 Å². The largest absolute Gasteiger partial charge is 0.469 e. The molecule has 0 saturated carbocycles. The first kappa shape index (κ1) is 17.2. The molecule has 6 nitrogen and oxygen atoms in total. The van der Waals surface area contributed by atoms with Crippen LogP contribution in [-0.2, 0) is 26.1 Å². The summed E-state index contributed by atoms with van der Waals surface area (Å²) in [5.74, 6) is 4.74. The SMILES string of the molecule is COC(=O)CCS(=O)(=O)NCc1ccccc1C#CCN. The van der Waals surface area contributed by atoms with Crippen molar-refractivity contribution in [3.63, 3.8) is 0 Å². The molecule has 114 valence electrons. The molecule has 0 aliphatic heterocycles. The van der Waals surface area contributed by atoms with Gasteiger partial charge in [-0.3, -0.25) is 4.79 Å². The Morgan fingerprint density at radius 1 is 1.38 bits per heavy atom. The molecule has 0 fully saturated rings. The van der Waals surface area contributed by atoms with Crippen LogP contribution in [0, 0.1) is 11.8 Å². The van der Waals surface area contributed by atoms with Gasteiger partial charge in [-0.05, 0) is 11.6 Å². The molecule has 3 N–H and O–H groups in total. The molecule has 0 saturated heterocycles. The maximum Gasteiger partial charge on any atom is 0.306 e. The normalized spacial score (nSPS) is 10.6. The number of esters is 1. The van der Waals surface area contributed by atoms with E-state index in [1.807, 2.05) is 6.07 Å². The minimum absolute atomic E-state index is 0.110. The lowest BCUT2D eigenvalue weighted by Crippen LogP contribution is -2.27. The van der Waals surface area contributed by atoms with Crippen LogP contribution in [0.4, 0.5) is 0 Å². The highest BCUT2D eigenvalue weighted by atomic mass is 32.2. The molecule has 0 heterocycles. The lowest BCUT2D eigenvalue weighted by Gasteiger charge is -2.08. The quantitative estimate of drug-likeness (QED) is 0.568. The van der Waals surface area contributed by atoms with Gasteiger partial charge in [0.05, 0.1) is 25.8 Å². The summed E-state index contributed by atoms with van der Waals surface area (Å²) in [5, 5.41) is 0. The van der Waals surface area contributed by atoms with Crippen molar-refractivity contribution in [1.29, 1.82) is 0 Å². The van der Waals surface area contributed by atoms with E-state index >= 15 is 0 Å². The van der Waals surface area contributed by atoms with Gasteiger partial charge in [-0.25, -0.2) is 13.1 Å². The number of methoxy groups -OCH3 is 1. The summed E-state index contributed by atoms with van der Waals surface area (Å²) in [7, 11) is -2.33. The summed E-state index contributed by atoms with van der Waals surface area (Å²) >= 11 is 0. The Balaban J connectivity index is 2.68. The van der Waals surface area contributed by atoms with E-state index in [1.54, 1.807) is 18.2 Å². The van der Waals surface area contributed by atoms with Gasteiger partial charge in [0.2, 0.25) is 10.0 Å². The molecule has 1 aromatic carbocycles. The van der Waals surface area contributed by atoms with Crippen LogP contribution in [0.3, 0.4) is 0 Å². The number of nitrogens with two attached hydrogens (primary N) is 1. The predicted octanol–water partition coefficient (Wildman–Crippen LogP) is -0.0207. The van der Waals surface area contributed by atoms with Crippen molar-refractivity contribution >= 4 is 16.0 Å². The molecular formula is C14H18N2O4S. The summed E-state index contributed by atoms with van der Waals surface area (Å²) < 4.78 is 30.4. The number of benzene rings is 1. The Morgan fingerprint density at radius 2 is 2.10 bits per heavy atom. The molecule has 7 heteroatoms. The smallest absolute Gasteiger partial charge is 0.306 e. The Labute approximate surface area is 124 Å². The fourth-order valence-electron chi connectivity index (χ4n) is 1.52. The van der Waals surface area contributed by atoms with Crippen LogP contribution in [0.2, 0.25) is 0 Å². The highest BCUT2D eigenvalue weighted by Gasteiger charge is 2.13. The second kappa shape index (κ2) is 8.42. The lowest BCUT2D eigenvalue weighted by atomic mass is 10.1. The zero-order valence-electron chi connectivity index (χ0n) is 11.8. The van der Waals surface area contributed by atoms with Gasteiger partial charge in [-0.15, -0.1) is 0 Å². The minimum atomic E-state index is -3.55. The first-order chi connectivity index (χ1) is 9.98. The molecule has 0 aliphatic carbocycles. The fraction of sp³-hybridized carbons (Fsp3) is 0.357. The van der Waals surface area contributed by atoms with Crippen molar-refractivity contribution in [2.24, 2.45) is 5.73 Å². The average molecular weight is 310 g/mol. The number of hydrogen-bond acceptors (Lipinski definition) is 5. The van der Waals surface area contributed by atoms with Gasteiger partial charge in [0.1, 0.15) is 0 Å². The minimum Gasteiger partial charge on any atom is -0.469 e. The molecule has 0 aromatic heterocycles. The molecule has 1 rings (SSSR count). The van der Waals surface area contributed by atoms with E-state index in [0.29, 0.717) is 0 Å². The number of carbonyl (C=O) groups is 1. The molecule has 21 heavy (non-hydrogen) atoms. The number of rotatable bonds is 6. The average Bonchev–Trinajstić information content (AvgIpc) is 2.49. The third-order valence-electron chi connectivity index (χ3n) is 2.63. The van der Waals surface area contributed by atoms with Crippen LogP contribution in [-0.4, -0.2) is 33.8 Å². The van der Waals surface area contributed by atoms with Gasteiger partial charge < -0.3 is 10.5 Å². The molecule has 0 radical (unpaired) electrons. The zero-order chi connectivity index (χ0) is 15.7. The molecule has 1 aromatic rings. The summed E-state index contributed by atoms with van der Waals surface area (Å²) in [6, 6.07) is 7.19. The van der Waals surface area contributed by atoms with Crippen LogP contribution in [0.5, 0.6) is 0 Å². The van der Waals surface area contributed by atoms with Gasteiger partial charge in [-0.2, -0.15) is 0 Å². The van der Waals surface area contributed by atoms with Crippen LogP contribution >= 0.6 is 0 Å². The van der Waals surface area contributed by atoms with E-state index in [4.69, 9.17) is 5.73 Å². The second-order valence-electron chi connectivity index (χ2n) is 4.13. The van der Waals surface area contributed by atoms with Crippen molar-refractivity contribution in [1.82, 2.24) is 4.72 Å². The van der Waals surface area contributed by atoms with Crippen LogP contribution in [0.15, 0.2) is 24.3 Å². The van der Waals surface area contributed by atoms with Gasteiger partial charge in [0, 0.05) is 12.1 Å². The first-order valence-electron chi connectivity index (χ1n) is 6.29. The van der Waals surface area contributed by atoms with Crippen molar-refractivity contribution in [2.45, 2.75) is 13.0 Å². The van der Waals surface area contributed by atoms with E-state index in [-0.39, 0.29) is 25.3 Å². The van der Waals surface area contributed by atoms with Crippen molar-refractivity contribution < 1.29 is 17.9 Å². The van der Waals surface area contributed by atoms with E-state index in [1.165, 1.54) is 7.11 Å². The van der Waals surface area contributed by atoms with Crippen LogP contribution < -0.4 is 10.5 Å². The standard InChI is InChI=1S/C14H18N2O4S/c1-20-14(17)8-10-21(18,19)16-11-13-6-3-2-5-12(13)7-4-9-15/h2-3,5-6,16H,8-11,15H2,1H3. The Hall–Kier alpha value is -1.88. The van der Waals surface area contributed by atoms with Gasteiger partial charge in [0.15, 0.2) is 0 Å². The summed E-state index contributed by atoms with van der Waals surface area (Å²) in [5.41, 5.74) is 6.79. The molecule has 0 aliphatic rings. The number of carbonyl (C=O) groups excluding carboxylic acids is 1. The Bertz CT molecular complexity index is 644. The van der Waals surface area contributed by atoms with Crippen molar-refractivity contribution in [3.05, 3.63) is 35.4 Å². The third-order valence-corrected chi connectivity index (χ3v) is 3.95. The summed E-state index contributed by atoms with van der Waals surface area (Å²) in [6.45, 7) is 0.345. The van der Waals surface area contributed by atoms with E-state index in [0.717, 1.165) is 11.1 Å².